The van der Waals surface area contributed by atoms with Crippen molar-refractivity contribution in [1.29, 1.82) is 0 Å². The van der Waals surface area contributed by atoms with Crippen molar-refractivity contribution in [2.75, 3.05) is 26.2 Å². The van der Waals surface area contributed by atoms with Crippen LogP contribution in [-0.4, -0.2) is 46.9 Å². The first kappa shape index (κ1) is 14.7. The van der Waals surface area contributed by atoms with Crippen LogP contribution < -0.4 is 0 Å². The monoisotopic (exact) mass is 299 g/mol. The summed E-state index contributed by atoms with van der Waals surface area (Å²) in [6.07, 6.45) is 3.27. The number of nitrogens with zero attached hydrogens (tertiary/aromatic N) is 3. The summed E-state index contributed by atoms with van der Waals surface area (Å²) in [5.74, 6) is -0.176. The second-order valence-electron chi connectivity index (χ2n) is 5.44. The number of aromatic nitrogens is 1. The summed E-state index contributed by atoms with van der Waals surface area (Å²) in [5, 5.41) is 0. The van der Waals surface area contributed by atoms with E-state index in [0.717, 1.165) is 25.2 Å². The Balaban J connectivity index is 1.54. The lowest BCUT2D eigenvalue weighted by Crippen LogP contribution is -2.48. The summed E-state index contributed by atoms with van der Waals surface area (Å²) >= 11 is 0. The van der Waals surface area contributed by atoms with Crippen LogP contribution in [-0.2, 0) is 6.54 Å². The first-order chi connectivity index (χ1) is 10.7. The molecule has 2 heterocycles. The predicted molar refractivity (Wildman–Crippen MR) is 81.8 cm³/mol. The molecule has 2 aromatic rings. The van der Waals surface area contributed by atoms with Crippen LogP contribution in [0.15, 0.2) is 48.8 Å². The van der Waals surface area contributed by atoms with E-state index in [2.05, 4.69) is 9.88 Å². The highest BCUT2D eigenvalue weighted by Gasteiger charge is 2.22. The zero-order valence-corrected chi connectivity index (χ0v) is 12.3. The van der Waals surface area contributed by atoms with E-state index in [1.54, 1.807) is 24.5 Å². The Bertz CT molecular complexity index is 622. The summed E-state index contributed by atoms with van der Waals surface area (Å²) in [7, 11) is 0. The van der Waals surface area contributed by atoms with Crippen molar-refractivity contribution in [2.24, 2.45) is 0 Å². The standard InChI is InChI=1S/C17H18FN3O/c18-16-5-3-14(4-6-16)13-20-8-10-21(11-9-20)17(22)15-2-1-7-19-12-15/h1-7,12H,8-11,13H2. The van der Waals surface area contributed by atoms with Gasteiger partial charge < -0.3 is 4.90 Å². The van der Waals surface area contributed by atoms with Crippen molar-refractivity contribution >= 4 is 5.91 Å². The van der Waals surface area contributed by atoms with Gasteiger partial charge >= 0.3 is 0 Å². The number of carbonyl (C=O) groups is 1. The molecular weight excluding hydrogens is 281 g/mol. The average Bonchev–Trinajstić information content (AvgIpc) is 2.58. The van der Waals surface area contributed by atoms with E-state index >= 15 is 0 Å². The van der Waals surface area contributed by atoms with Crippen molar-refractivity contribution < 1.29 is 9.18 Å². The van der Waals surface area contributed by atoms with Crippen molar-refractivity contribution in [2.45, 2.75) is 6.54 Å². The van der Waals surface area contributed by atoms with Gasteiger partial charge in [-0.2, -0.15) is 0 Å². The molecule has 1 fully saturated rings. The Morgan fingerprint density at radius 1 is 1.09 bits per heavy atom. The third kappa shape index (κ3) is 3.49. The number of rotatable bonds is 3. The van der Waals surface area contributed by atoms with Crippen LogP contribution in [0.2, 0.25) is 0 Å². The predicted octanol–water partition coefficient (Wildman–Crippen LogP) is 2.18. The molecule has 0 spiro atoms. The van der Waals surface area contributed by atoms with Gasteiger partial charge in [-0.05, 0) is 29.8 Å². The molecule has 22 heavy (non-hydrogen) atoms. The van der Waals surface area contributed by atoms with Gasteiger partial charge in [0.05, 0.1) is 5.56 Å². The Kier molecular flexibility index (Phi) is 4.44. The van der Waals surface area contributed by atoms with Crippen LogP contribution in [0.3, 0.4) is 0 Å². The van der Waals surface area contributed by atoms with Crippen molar-refractivity contribution in [3.63, 3.8) is 0 Å². The number of hydrogen-bond acceptors (Lipinski definition) is 3. The number of benzene rings is 1. The Morgan fingerprint density at radius 2 is 1.82 bits per heavy atom. The van der Waals surface area contributed by atoms with E-state index in [0.29, 0.717) is 18.7 Å². The minimum absolute atomic E-state index is 0.0366. The van der Waals surface area contributed by atoms with Gasteiger partial charge in [-0.1, -0.05) is 12.1 Å². The van der Waals surface area contributed by atoms with Crippen LogP contribution in [0.4, 0.5) is 4.39 Å². The molecule has 1 aliphatic heterocycles. The van der Waals surface area contributed by atoms with Crippen molar-refractivity contribution in [3.8, 4) is 0 Å². The van der Waals surface area contributed by atoms with Gasteiger partial charge in [-0.3, -0.25) is 14.7 Å². The molecule has 1 saturated heterocycles. The van der Waals surface area contributed by atoms with Gasteiger partial charge in [0.1, 0.15) is 5.82 Å². The molecular formula is C17H18FN3O. The molecule has 0 aliphatic carbocycles. The molecule has 0 N–H and O–H groups in total. The Morgan fingerprint density at radius 3 is 2.45 bits per heavy atom. The minimum atomic E-state index is -0.212. The molecule has 0 unspecified atom stereocenters. The summed E-state index contributed by atoms with van der Waals surface area (Å²) in [5.41, 5.74) is 1.72. The molecule has 3 rings (SSSR count). The number of piperazine rings is 1. The lowest BCUT2D eigenvalue weighted by atomic mass is 10.2. The van der Waals surface area contributed by atoms with Gasteiger partial charge in [-0.25, -0.2) is 4.39 Å². The molecule has 4 nitrogen and oxygen atoms in total. The van der Waals surface area contributed by atoms with Crippen LogP contribution in [0.1, 0.15) is 15.9 Å². The lowest BCUT2D eigenvalue weighted by Gasteiger charge is -2.34. The summed E-state index contributed by atoms with van der Waals surface area (Å²) in [6.45, 7) is 3.84. The molecule has 0 saturated carbocycles. The smallest absolute Gasteiger partial charge is 0.255 e. The zero-order valence-electron chi connectivity index (χ0n) is 12.3. The normalized spacial score (nSPS) is 15.8. The molecule has 0 bridgehead atoms. The van der Waals surface area contributed by atoms with E-state index in [1.165, 1.54) is 12.1 Å². The van der Waals surface area contributed by atoms with E-state index in [9.17, 15) is 9.18 Å². The van der Waals surface area contributed by atoms with Crippen LogP contribution in [0, 0.1) is 5.82 Å². The molecule has 0 radical (unpaired) electrons. The van der Waals surface area contributed by atoms with Gasteiger partial charge in [0.25, 0.3) is 5.91 Å². The number of carbonyl (C=O) groups excluding carboxylic acids is 1. The lowest BCUT2D eigenvalue weighted by molar-refractivity contribution is 0.0628. The Hall–Kier alpha value is -2.27. The number of halogens is 1. The molecule has 114 valence electrons. The minimum Gasteiger partial charge on any atom is -0.336 e. The maximum atomic E-state index is 12.9. The second-order valence-corrected chi connectivity index (χ2v) is 5.44. The average molecular weight is 299 g/mol. The molecule has 0 atom stereocenters. The van der Waals surface area contributed by atoms with Gasteiger partial charge in [0.15, 0.2) is 0 Å². The van der Waals surface area contributed by atoms with Gasteiger partial charge in [0.2, 0.25) is 0 Å². The van der Waals surface area contributed by atoms with E-state index in [-0.39, 0.29) is 11.7 Å². The highest BCUT2D eigenvalue weighted by Crippen LogP contribution is 2.11. The van der Waals surface area contributed by atoms with Crippen molar-refractivity contribution in [1.82, 2.24) is 14.8 Å². The van der Waals surface area contributed by atoms with E-state index < -0.39 is 0 Å². The fourth-order valence-corrected chi connectivity index (χ4v) is 2.63. The first-order valence-corrected chi connectivity index (χ1v) is 7.38. The number of hydrogen-bond donors (Lipinski definition) is 0. The molecule has 1 aromatic carbocycles. The highest BCUT2D eigenvalue weighted by atomic mass is 19.1. The summed E-state index contributed by atoms with van der Waals surface area (Å²) < 4.78 is 12.9. The van der Waals surface area contributed by atoms with Crippen LogP contribution >= 0.6 is 0 Å². The topological polar surface area (TPSA) is 36.4 Å². The fraction of sp³-hybridized carbons (Fsp3) is 0.294. The summed E-state index contributed by atoms with van der Waals surface area (Å²) in [6, 6.07) is 10.2. The maximum Gasteiger partial charge on any atom is 0.255 e. The third-order valence-electron chi connectivity index (χ3n) is 3.89. The van der Waals surface area contributed by atoms with E-state index in [1.807, 2.05) is 17.0 Å². The molecule has 1 aliphatic rings. The van der Waals surface area contributed by atoms with Crippen LogP contribution in [0.5, 0.6) is 0 Å². The number of amides is 1. The third-order valence-corrected chi connectivity index (χ3v) is 3.89. The van der Waals surface area contributed by atoms with Gasteiger partial charge in [-0.15, -0.1) is 0 Å². The maximum absolute atomic E-state index is 12.9. The summed E-state index contributed by atoms with van der Waals surface area (Å²) in [4.78, 5) is 20.5. The largest absolute Gasteiger partial charge is 0.336 e. The fourth-order valence-electron chi connectivity index (χ4n) is 2.63. The van der Waals surface area contributed by atoms with Crippen LogP contribution in [0.25, 0.3) is 0 Å². The molecule has 5 heteroatoms. The molecule has 1 amide bonds. The SMILES string of the molecule is O=C(c1cccnc1)N1CCN(Cc2ccc(F)cc2)CC1. The Labute approximate surface area is 129 Å². The quantitative estimate of drug-likeness (QED) is 0.871. The number of pyridine rings is 1. The van der Waals surface area contributed by atoms with Crippen molar-refractivity contribution in [3.05, 3.63) is 65.7 Å². The zero-order chi connectivity index (χ0) is 15.4. The first-order valence-electron chi connectivity index (χ1n) is 7.38. The van der Waals surface area contributed by atoms with E-state index in [4.69, 9.17) is 0 Å². The highest BCUT2D eigenvalue weighted by molar-refractivity contribution is 5.93. The second kappa shape index (κ2) is 6.66. The van der Waals surface area contributed by atoms with Gasteiger partial charge in [0, 0.05) is 45.1 Å². The molecule has 1 aromatic heterocycles.